The van der Waals surface area contributed by atoms with Crippen molar-refractivity contribution < 1.29 is 13.3 Å². The van der Waals surface area contributed by atoms with Crippen molar-refractivity contribution in [2.45, 2.75) is 17.2 Å². The lowest BCUT2D eigenvalue weighted by Crippen LogP contribution is -2.21. The third kappa shape index (κ3) is 2.85. The highest BCUT2D eigenvalue weighted by molar-refractivity contribution is 7.92. The summed E-state index contributed by atoms with van der Waals surface area (Å²) in [5, 5.41) is 9.16. The minimum atomic E-state index is -3.92. The number of pyridine rings is 1. The van der Waals surface area contributed by atoms with Gasteiger partial charge in [-0.1, -0.05) is 11.6 Å². The Labute approximate surface area is 108 Å². The summed E-state index contributed by atoms with van der Waals surface area (Å²) in [6, 6.07) is 0.947. The molecule has 1 heterocycles. The topological polar surface area (TPSA) is 90.2 Å². The molecule has 0 bridgehead atoms. The molecule has 17 heavy (non-hydrogen) atoms. The number of sulfone groups is 1. The second kappa shape index (κ2) is 5.16. The van der Waals surface area contributed by atoms with Gasteiger partial charge in [0.25, 0.3) is 0 Å². The lowest BCUT2D eigenvalue weighted by Gasteiger charge is -2.08. The van der Waals surface area contributed by atoms with Gasteiger partial charge in [-0.3, -0.25) is 10.1 Å². The third-order valence-electron chi connectivity index (χ3n) is 2.01. The first-order valence-corrected chi connectivity index (χ1v) is 6.86. The van der Waals surface area contributed by atoms with E-state index < -0.39 is 30.7 Å². The van der Waals surface area contributed by atoms with Crippen molar-refractivity contribution in [2.24, 2.45) is 0 Å². The largest absolute Gasteiger partial charge is 0.308 e. The highest BCUT2D eigenvalue weighted by atomic mass is 35.5. The third-order valence-corrected chi connectivity index (χ3v) is 4.94. The number of alkyl halides is 1. The van der Waals surface area contributed by atoms with Crippen LogP contribution in [0.2, 0.25) is 5.02 Å². The number of nitro groups is 1. The summed E-state index contributed by atoms with van der Waals surface area (Å²) in [5.41, 5.74) is -0.644. The molecular formula is C8H8Cl2N2O4S. The van der Waals surface area contributed by atoms with Crippen LogP contribution in [0.3, 0.4) is 0 Å². The molecule has 1 unspecified atom stereocenters. The summed E-state index contributed by atoms with van der Waals surface area (Å²) in [6.07, 6.45) is 1.04. The van der Waals surface area contributed by atoms with Crippen LogP contribution in [-0.4, -0.2) is 29.5 Å². The van der Waals surface area contributed by atoms with Gasteiger partial charge in [-0.2, -0.15) is 0 Å². The summed E-state index contributed by atoms with van der Waals surface area (Å²) < 4.78 is 23.8. The maximum atomic E-state index is 11.9. The fraction of sp³-hybridized carbons (Fsp3) is 0.375. The number of hydrogen-bond donors (Lipinski definition) is 0. The van der Waals surface area contributed by atoms with E-state index in [1.807, 2.05) is 0 Å². The van der Waals surface area contributed by atoms with Gasteiger partial charge in [-0.15, -0.1) is 11.6 Å². The minimum absolute atomic E-state index is 0.00539. The van der Waals surface area contributed by atoms with E-state index in [2.05, 4.69) is 4.98 Å². The molecule has 1 aromatic heterocycles. The molecule has 0 spiro atoms. The van der Waals surface area contributed by atoms with E-state index in [-0.39, 0.29) is 10.9 Å². The molecular weight excluding hydrogens is 291 g/mol. The molecule has 1 atom stereocenters. The van der Waals surface area contributed by atoms with E-state index in [9.17, 15) is 18.5 Å². The van der Waals surface area contributed by atoms with Gasteiger partial charge in [0.2, 0.25) is 14.9 Å². The summed E-state index contributed by atoms with van der Waals surface area (Å²) >= 11 is 11.0. The van der Waals surface area contributed by atoms with E-state index in [0.29, 0.717) is 0 Å². The molecule has 0 aromatic carbocycles. The smallest absolute Gasteiger partial charge is 0.258 e. The molecule has 0 radical (unpaired) electrons. The van der Waals surface area contributed by atoms with Gasteiger partial charge in [0.15, 0.2) is 0 Å². The first-order chi connectivity index (χ1) is 7.80. The van der Waals surface area contributed by atoms with E-state index in [0.717, 1.165) is 12.3 Å². The lowest BCUT2D eigenvalue weighted by molar-refractivity contribution is -0.388. The highest BCUT2D eigenvalue weighted by Crippen LogP contribution is 2.27. The van der Waals surface area contributed by atoms with Crippen molar-refractivity contribution in [2.75, 3.05) is 5.88 Å². The number of aromatic nitrogens is 1. The van der Waals surface area contributed by atoms with Gasteiger partial charge in [0, 0.05) is 18.1 Å². The van der Waals surface area contributed by atoms with Crippen LogP contribution in [0.5, 0.6) is 0 Å². The van der Waals surface area contributed by atoms with Crippen molar-refractivity contribution in [3.63, 3.8) is 0 Å². The molecule has 9 heteroatoms. The van der Waals surface area contributed by atoms with Crippen molar-refractivity contribution >= 4 is 38.7 Å². The van der Waals surface area contributed by atoms with Crippen LogP contribution in [0.4, 0.5) is 5.69 Å². The Hall–Kier alpha value is -0.920. The highest BCUT2D eigenvalue weighted by Gasteiger charge is 2.32. The average molecular weight is 299 g/mol. The predicted molar refractivity (Wildman–Crippen MR) is 63.3 cm³/mol. The first kappa shape index (κ1) is 14.1. The molecule has 0 aliphatic rings. The van der Waals surface area contributed by atoms with E-state index >= 15 is 0 Å². The van der Waals surface area contributed by atoms with Crippen LogP contribution in [0.25, 0.3) is 0 Å². The summed E-state index contributed by atoms with van der Waals surface area (Å²) in [7, 11) is -3.92. The van der Waals surface area contributed by atoms with Crippen LogP contribution < -0.4 is 0 Å². The van der Waals surface area contributed by atoms with Crippen molar-refractivity contribution in [1.82, 2.24) is 4.98 Å². The van der Waals surface area contributed by atoms with Gasteiger partial charge in [-0.05, 0) is 6.92 Å². The number of rotatable bonds is 4. The molecule has 1 aromatic rings. The molecule has 1 rings (SSSR count). The molecule has 0 saturated carbocycles. The minimum Gasteiger partial charge on any atom is -0.258 e. The van der Waals surface area contributed by atoms with Crippen molar-refractivity contribution in [1.29, 1.82) is 0 Å². The standard InChI is InChI=1S/C8H8Cl2N2O4S/c1-5(3-9)17(15,16)8-7(12(13)14)2-6(10)4-11-8/h2,4-5H,3H2,1H3. The zero-order valence-corrected chi connectivity index (χ0v) is 11.0. The van der Waals surface area contributed by atoms with Gasteiger partial charge in [0.05, 0.1) is 15.2 Å². The summed E-state index contributed by atoms with van der Waals surface area (Å²) in [5.74, 6) is -0.177. The summed E-state index contributed by atoms with van der Waals surface area (Å²) in [6.45, 7) is 1.35. The van der Waals surface area contributed by atoms with Gasteiger partial charge >= 0.3 is 5.69 Å². The van der Waals surface area contributed by atoms with Crippen LogP contribution in [0.15, 0.2) is 17.3 Å². The average Bonchev–Trinajstić information content (AvgIpc) is 2.27. The van der Waals surface area contributed by atoms with Gasteiger partial charge < -0.3 is 0 Å². The van der Waals surface area contributed by atoms with Crippen LogP contribution in [0, 0.1) is 10.1 Å². The van der Waals surface area contributed by atoms with Gasteiger partial charge in [-0.25, -0.2) is 13.4 Å². The molecule has 0 aliphatic heterocycles. The normalized spacial score (nSPS) is 13.4. The van der Waals surface area contributed by atoms with E-state index in [1.54, 1.807) is 0 Å². The Kier molecular flexibility index (Phi) is 4.29. The Morgan fingerprint density at radius 2 is 2.18 bits per heavy atom. The number of nitrogens with zero attached hydrogens (tertiary/aromatic N) is 2. The summed E-state index contributed by atoms with van der Waals surface area (Å²) in [4.78, 5) is 13.4. The van der Waals surface area contributed by atoms with Crippen LogP contribution in [-0.2, 0) is 9.84 Å². The predicted octanol–water partition coefficient (Wildman–Crippen LogP) is 2.04. The SMILES string of the molecule is CC(CCl)S(=O)(=O)c1ncc(Cl)cc1[N+](=O)[O-]. The zero-order chi connectivity index (χ0) is 13.2. The van der Waals surface area contributed by atoms with E-state index in [4.69, 9.17) is 23.2 Å². The molecule has 0 N–H and O–H groups in total. The first-order valence-electron chi connectivity index (χ1n) is 4.40. The van der Waals surface area contributed by atoms with Crippen molar-refractivity contribution in [3.8, 4) is 0 Å². The molecule has 6 nitrogen and oxygen atoms in total. The second-order valence-electron chi connectivity index (χ2n) is 3.24. The Balaban J connectivity index is 3.47. The second-order valence-corrected chi connectivity index (χ2v) is 6.27. The van der Waals surface area contributed by atoms with Gasteiger partial charge in [0.1, 0.15) is 0 Å². The fourth-order valence-electron chi connectivity index (χ4n) is 1.04. The zero-order valence-electron chi connectivity index (χ0n) is 8.63. The fourth-order valence-corrected chi connectivity index (χ4v) is 2.86. The van der Waals surface area contributed by atoms with Crippen LogP contribution in [0.1, 0.15) is 6.92 Å². The molecule has 0 amide bonds. The molecule has 94 valence electrons. The lowest BCUT2D eigenvalue weighted by atomic mass is 10.4. The quantitative estimate of drug-likeness (QED) is 0.482. The van der Waals surface area contributed by atoms with Crippen LogP contribution >= 0.6 is 23.2 Å². The maximum absolute atomic E-state index is 11.9. The Bertz CT molecular complexity index is 546. The van der Waals surface area contributed by atoms with E-state index in [1.165, 1.54) is 6.92 Å². The Morgan fingerprint density at radius 3 is 2.65 bits per heavy atom. The molecule has 0 aliphatic carbocycles. The number of halogens is 2. The number of hydrogen-bond acceptors (Lipinski definition) is 5. The maximum Gasteiger partial charge on any atom is 0.308 e. The van der Waals surface area contributed by atoms with Crippen molar-refractivity contribution in [3.05, 3.63) is 27.4 Å². The Morgan fingerprint density at radius 1 is 1.59 bits per heavy atom. The molecule has 0 fully saturated rings. The monoisotopic (exact) mass is 298 g/mol. The molecule has 0 saturated heterocycles.